The van der Waals surface area contributed by atoms with E-state index in [-0.39, 0.29) is 25.7 Å². The first-order valence-corrected chi connectivity index (χ1v) is 8.76. The van der Waals surface area contributed by atoms with E-state index in [2.05, 4.69) is 26.6 Å². The number of rotatable bonds is 14. The lowest BCUT2D eigenvalue weighted by Crippen LogP contribution is -2.50. The Morgan fingerprint density at radius 1 is 0.724 bits per heavy atom. The fourth-order valence-electron chi connectivity index (χ4n) is 2.16. The smallest absolute Gasteiger partial charge is 0.303 e. The molecule has 0 saturated carbocycles. The Bertz CT molecular complexity index is 624. The molecule has 0 aromatic rings. The number of amides is 4. The molecule has 0 fully saturated rings. The van der Waals surface area contributed by atoms with Gasteiger partial charge in [0.25, 0.3) is 0 Å². The third kappa shape index (κ3) is 12.0. The molecule has 4 amide bonds. The molecule has 7 N–H and O–H groups in total. The van der Waals surface area contributed by atoms with Crippen molar-refractivity contribution in [3.8, 4) is 0 Å². The highest BCUT2D eigenvalue weighted by Gasteiger charge is 2.21. The second-order valence-electron chi connectivity index (χ2n) is 5.93. The summed E-state index contributed by atoms with van der Waals surface area (Å²) in [6.45, 7) is -0.918. The number of carboxylic acids is 2. The molecular formula is C16H27N5O8. The largest absolute Gasteiger partial charge is 0.481 e. The average Bonchev–Trinajstić information content (AvgIpc) is 2.67. The Labute approximate surface area is 167 Å². The van der Waals surface area contributed by atoms with Crippen molar-refractivity contribution in [3.05, 3.63) is 0 Å². The Morgan fingerprint density at radius 3 is 1.72 bits per heavy atom. The van der Waals surface area contributed by atoms with E-state index in [9.17, 15) is 28.8 Å². The van der Waals surface area contributed by atoms with Gasteiger partial charge in [-0.2, -0.15) is 0 Å². The fourth-order valence-corrected chi connectivity index (χ4v) is 2.16. The molecule has 0 rings (SSSR count). The van der Waals surface area contributed by atoms with Crippen LogP contribution in [0.4, 0.5) is 0 Å². The van der Waals surface area contributed by atoms with Gasteiger partial charge in [-0.05, 0) is 19.9 Å². The van der Waals surface area contributed by atoms with Crippen molar-refractivity contribution < 1.29 is 39.0 Å². The maximum atomic E-state index is 11.9. The Hall–Kier alpha value is -3.22. The maximum absolute atomic E-state index is 11.9. The summed E-state index contributed by atoms with van der Waals surface area (Å²) >= 11 is 0. The third-order valence-corrected chi connectivity index (χ3v) is 3.73. The van der Waals surface area contributed by atoms with E-state index in [1.54, 1.807) is 0 Å². The summed E-state index contributed by atoms with van der Waals surface area (Å²) in [5, 5.41) is 29.1. The lowest BCUT2D eigenvalue weighted by Gasteiger charge is -2.17. The number of carbonyl (C=O) groups excluding carboxylic acids is 4. The minimum atomic E-state index is -1.12. The van der Waals surface area contributed by atoms with E-state index in [4.69, 9.17) is 10.2 Å². The van der Waals surface area contributed by atoms with Gasteiger partial charge in [0, 0.05) is 19.9 Å². The lowest BCUT2D eigenvalue weighted by atomic mass is 10.1. The number of hydrogen-bond donors (Lipinski definition) is 7. The summed E-state index contributed by atoms with van der Waals surface area (Å²) in [5.74, 6) is -4.71. The van der Waals surface area contributed by atoms with Gasteiger partial charge in [-0.25, -0.2) is 0 Å². The van der Waals surface area contributed by atoms with Gasteiger partial charge in [-0.15, -0.1) is 0 Å². The summed E-state index contributed by atoms with van der Waals surface area (Å²) in [5.41, 5.74) is 0. The lowest BCUT2D eigenvalue weighted by molar-refractivity contribution is -0.138. The zero-order valence-electron chi connectivity index (χ0n) is 16.2. The van der Waals surface area contributed by atoms with Gasteiger partial charge in [0.1, 0.15) is 6.04 Å². The van der Waals surface area contributed by atoms with Gasteiger partial charge in [-0.3, -0.25) is 28.8 Å². The molecule has 0 aliphatic rings. The van der Waals surface area contributed by atoms with Crippen LogP contribution in [0.1, 0.15) is 25.7 Å². The van der Waals surface area contributed by atoms with Gasteiger partial charge >= 0.3 is 11.9 Å². The summed E-state index contributed by atoms with van der Waals surface area (Å²) in [6.07, 6.45) is -0.629. The summed E-state index contributed by atoms with van der Waals surface area (Å²) in [6, 6.07) is -1.85. The van der Waals surface area contributed by atoms with Crippen molar-refractivity contribution in [1.82, 2.24) is 26.6 Å². The normalized spacial score (nSPS) is 12.2. The molecule has 164 valence electrons. The molecule has 0 saturated heterocycles. The van der Waals surface area contributed by atoms with Crippen molar-refractivity contribution >= 4 is 35.6 Å². The second-order valence-corrected chi connectivity index (χ2v) is 5.93. The molecular weight excluding hydrogens is 390 g/mol. The highest BCUT2D eigenvalue weighted by atomic mass is 16.4. The van der Waals surface area contributed by atoms with Crippen LogP contribution in [0.5, 0.6) is 0 Å². The number of aliphatic carboxylic acids is 2. The molecule has 13 nitrogen and oxygen atoms in total. The van der Waals surface area contributed by atoms with Crippen LogP contribution in [-0.2, 0) is 28.8 Å². The Balaban J connectivity index is 4.38. The Kier molecular flexibility index (Phi) is 12.3. The predicted octanol–water partition coefficient (Wildman–Crippen LogP) is -3.23. The highest BCUT2D eigenvalue weighted by Crippen LogP contribution is 1.98. The molecule has 2 atom stereocenters. The molecule has 0 aromatic carbocycles. The van der Waals surface area contributed by atoms with Crippen LogP contribution in [0.15, 0.2) is 0 Å². The van der Waals surface area contributed by atoms with E-state index >= 15 is 0 Å². The van der Waals surface area contributed by atoms with Gasteiger partial charge < -0.3 is 36.8 Å². The standard InChI is InChI=1S/C16H27N5O8/c1-17-9(3-5-13(24)25)16(29)20-7-11(22)19-8-12(23)21-10(15(28)18-2)4-6-14(26)27/h9-10,17H,3-8H2,1-2H3,(H,18,28)(H,19,22)(H,20,29)(H,21,23)(H,24,25)(H,26,27). The quantitative estimate of drug-likeness (QED) is 0.152. The number of hydrogen-bond acceptors (Lipinski definition) is 7. The molecule has 2 unspecified atom stereocenters. The average molecular weight is 417 g/mol. The van der Waals surface area contributed by atoms with Gasteiger partial charge in [-0.1, -0.05) is 0 Å². The van der Waals surface area contributed by atoms with Crippen molar-refractivity contribution in [1.29, 1.82) is 0 Å². The highest BCUT2D eigenvalue weighted by molar-refractivity contribution is 5.92. The zero-order valence-corrected chi connectivity index (χ0v) is 16.2. The van der Waals surface area contributed by atoms with Crippen LogP contribution in [-0.4, -0.2) is 85.0 Å². The predicted molar refractivity (Wildman–Crippen MR) is 98.6 cm³/mol. The number of nitrogens with one attached hydrogen (secondary N) is 5. The van der Waals surface area contributed by atoms with Crippen LogP contribution >= 0.6 is 0 Å². The summed E-state index contributed by atoms with van der Waals surface area (Å²) in [7, 11) is 2.81. The summed E-state index contributed by atoms with van der Waals surface area (Å²) in [4.78, 5) is 68.3. The van der Waals surface area contributed by atoms with Gasteiger partial charge in [0.2, 0.25) is 23.6 Å². The zero-order chi connectivity index (χ0) is 22.4. The van der Waals surface area contributed by atoms with E-state index < -0.39 is 60.7 Å². The fraction of sp³-hybridized carbons (Fsp3) is 0.625. The van der Waals surface area contributed by atoms with Crippen LogP contribution in [0.3, 0.4) is 0 Å². The molecule has 0 aliphatic heterocycles. The van der Waals surface area contributed by atoms with Crippen molar-refractivity contribution in [3.63, 3.8) is 0 Å². The molecule has 13 heteroatoms. The maximum Gasteiger partial charge on any atom is 0.303 e. The molecule has 0 aromatic heterocycles. The van der Waals surface area contributed by atoms with E-state index in [1.165, 1.54) is 14.1 Å². The molecule has 0 heterocycles. The van der Waals surface area contributed by atoms with Gasteiger partial charge in [0.05, 0.1) is 19.1 Å². The first-order valence-electron chi connectivity index (χ1n) is 8.76. The van der Waals surface area contributed by atoms with Crippen LogP contribution in [0.25, 0.3) is 0 Å². The molecule has 0 aliphatic carbocycles. The van der Waals surface area contributed by atoms with Crippen LogP contribution < -0.4 is 26.6 Å². The van der Waals surface area contributed by atoms with E-state index in [0.717, 1.165) is 0 Å². The molecule has 0 bridgehead atoms. The first-order chi connectivity index (χ1) is 13.6. The van der Waals surface area contributed by atoms with Crippen molar-refractivity contribution in [2.24, 2.45) is 0 Å². The third-order valence-electron chi connectivity index (χ3n) is 3.73. The number of carboxylic acid groups (broad SMARTS) is 2. The van der Waals surface area contributed by atoms with Crippen LogP contribution in [0, 0.1) is 0 Å². The first kappa shape index (κ1) is 25.8. The monoisotopic (exact) mass is 417 g/mol. The summed E-state index contributed by atoms with van der Waals surface area (Å²) < 4.78 is 0. The SMILES string of the molecule is CNC(=O)C(CCC(=O)O)NC(=O)CNC(=O)CNC(=O)C(CCC(=O)O)NC. The molecule has 0 spiro atoms. The van der Waals surface area contributed by atoms with Crippen molar-refractivity contribution in [2.75, 3.05) is 27.2 Å². The van der Waals surface area contributed by atoms with Crippen LogP contribution in [0.2, 0.25) is 0 Å². The molecule has 29 heavy (non-hydrogen) atoms. The number of carbonyl (C=O) groups is 6. The minimum Gasteiger partial charge on any atom is -0.481 e. The minimum absolute atomic E-state index is 0.0406. The van der Waals surface area contributed by atoms with E-state index in [0.29, 0.717) is 0 Å². The molecule has 0 radical (unpaired) electrons. The Morgan fingerprint density at radius 2 is 1.24 bits per heavy atom. The van der Waals surface area contributed by atoms with Crippen molar-refractivity contribution in [2.45, 2.75) is 37.8 Å². The topological polar surface area (TPSA) is 203 Å². The van der Waals surface area contributed by atoms with E-state index in [1.807, 2.05) is 0 Å². The second kappa shape index (κ2) is 13.9. The number of likely N-dealkylation sites (N-methyl/N-ethyl adjacent to an activating group) is 2. The van der Waals surface area contributed by atoms with Gasteiger partial charge in [0.15, 0.2) is 0 Å².